The van der Waals surface area contributed by atoms with Gasteiger partial charge in [-0.3, -0.25) is 4.79 Å². The van der Waals surface area contributed by atoms with Gasteiger partial charge in [0.25, 0.3) is 5.91 Å². The SMILES string of the molecule is CCOc1ccc([C@@H](C)NC(=O)[C@H](CC)Oc2cccc3ccccc23)cc1OCC. The minimum Gasteiger partial charge on any atom is -0.490 e. The van der Waals surface area contributed by atoms with Crippen molar-refractivity contribution in [1.82, 2.24) is 5.32 Å². The summed E-state index contributed by atoms with van der Waals surface area (Å²) >= 11 is 0. The fourth-order valence-corrected chi connectivity index (χ4v) is 3.50. The van der Waals surface area contributed by atoms with E-state index in [1.54, 1.807) is 0 Å². The standard InChI is InChI=1S/C26H31NO4/c1-5-22(31-23-14-10-12-19-11-8-9-13-21(19)23)26(28)27-18(4)20-15-16-24(29-6-2)25(17-20)30-7-3/h8-18,22H,5-7H2,1-4H3,(H,27,28)/t18-,22+/m1/s1. The molecular weight excluding hydrogens is 390 g/mol. The topological polar surface area (TPSA) is 56.8 Å². The number of ether oxygens (including phenoxy) is 3. The third-order valence-corrected chi connectivity index (χ3v) is 5.11. The molecule has 0 aliphatic heterocycles. The van der Waals surface area contributed by atoms with Gasteiger partial charge in [-0.25, -0.2) is 0 Å². The Morgan fingerprint density at radius 2 is 1.58 bits per heavy atom. The smallest absolute Gasteiger partial charge is 0.261 e. The number of carbonyl (C=O) groups excluding carboxylic acids is 1. The largest absolute Gasteiger partial charge is 0.490 e. The Hall–Kier alpha value is -3.21. The Morgan fingerprint density at radius 1 is 0.871 bits per heavy atom. The third-order valence-electron chi connectivity index (χ3n) is 5.11. The van der Waals surface area contributed by atoms with Crippen molar-refractivity contribution in [2.45, 2.75) is 46.3 Å². The van der Waals surface area contributed by atoms with E-state index < -0.39 is 6.10 Å². The first-order chi connectivity index (χ1) is 15.1. The van der Waals surface area contributed by atoms with Gasteiger partial charge in [0.1, 0.15) is 5.75 Å². The molecule has 0 aromatic heterocycles. The summed E-state index contributed by atoms with van der Waals surface area (Å²) in [5.74, 6) is 1.96. The van der Waals surface area contributed by atoms with Crippen LogP contribution in [0.2, 0.25) is 0 Å². The lowest BCUT2D eigenvalue weighted by atomic mass is 10.1. The second-order valence-corrected chi connectivity index (χ2v) is 7.29. The Morgan fingerprint density at radius 3 is 2.32 bits per heavy atom. The molecule has 1 N–H and O–H groups in total. The molecule has 2 atom stereocenters. The highest BCUT2D eigenvalue weighted by Crippen LogP contribution is 2.31. The Bertz CT molecular complexity index is 1010. The second kappa shape index (κ2) is 10.7. The zero-order valence-corrected chi connectivity index (χ0v) is 18.7. The van der Waals surface area contributed by atoms with Crippen molar-refractivity contribution < 1.29 is 19.0 Å². The van der Waals surface area contributed by atoms with E-state index in [0.717, 1.165) is 16.3 Å². The van der Waals surface area contributed by atoms with Gasteiger partial charge < -0.3 is 19.5 Å². The van der Waals surface area contributed by atoms with Gasteiger partial charge in [-0.15, -0.1) is 0 Å². The minimum absolute atomic E-state index is 0.144. The molecule has 3 aromatic rings. The molecule has 31 heavy (non-hydrogen) atoms. The maximum absolute atomic E-state index is 13.0. The van der Waals surface area contributed by atoms with Crippen molar-refractivity contribution >= 4 is 16.7 Å². The fourth-order valence-electron chi connectivity index (χ4n) is 3.50. The highest BCUT2D eigenvalue weighted by molar-refractivity contribution is 5.89. The summed E-state index contributed by atoms with van der Waals surface area (Å²) in [5.41, 5.74) is 0.945. The van der Waals surface area contributed by atoms with Gasteiger partial charge in [0.05, 0.1) is 19.3 Å². The molecule has 0 spiro atoms. The molecule has 5 nitrogen and oxygen atoms in total. The van der Waals surface area contributed by atoms with Crippen molar-refractivity contribution in [2.24, 2.45) is 0 Å². The molecule has 0 saturated carbocycles. The summed E-state index contributed by atoms with van der Waals surface area (Å²) in [6.45, 7) is 8.88. The van der Waals surface area contributed by atoms with Gasteiger partial charge in [-0.2, -0.15) is 0 Å². The molecule has 0 heterocycles. The Balaban J connectivity index is 1.73. The van der Waals surface area contributed by atoms with Crippen molar-refractivity contribution in [3.63, 3.8) is 0 Å². The number of fused-ring (bicyclic) bond motifs is 1. The highest BCUT2D eigenvalue weighted by atomic mass is 16.5. The summed E-state index contributed by atoms with van der Waals surface area (Å²) < 4.78 is 17.5. The number of nitrogens with one attached hydrogen (secondary N) is 1. The normalized spacial score (nSPS) is 12.8. The van der Waals surface area contributed by atoms with Gasteiger partial charge in [0.15, 0.2) is 17.6 Å². The first kappa shape index (κ1) is 22.5. The van der Waals surface area contributed by atoms with Crippen LogP contribution in [0.3, 0.4) is 0 Å². The third kappa shape index (κ3) is 5.48. The number of hydrogen-bond donors (Lipinski definition) is 1. The molecule has 0 bridgehead atoms. The summed E-state index contributed by atoms with van der Waals surface area (Å²) in [5, 5.41) is 5.16. The number of benzene rings is 3. The molecule has 0 fully saturated rings. The average molecular weight is 422 g/mol. The predicted molar refractivity (Wildman–Crippen MR) is 124 cm³/mol. The molecule has 0 unspecified atom stereocenters. The lowest BCUT2D eigenvalue weighted by molar-refractivity contribution is -0.128. The van der Waals surface area contributed by atoms with Crippen molar-refractivity contribution in [2.75, 3.05) is 13.2 Å². The summed E-state index contributed by atoms with van der Waals surface area (Å²) in [7, 11) is 0. The van der Waals surface area contributed by atoms with Crippen LogP contribution in [0.25, 0.3) is 10.8 Å². The summed E-state index contributed by atoms with van der Waals surface area (Å²) in [4.78, 5) is 13.0. The molecule has 0 aliphatic carbocycles. The monoisotopic (exact) mass is 421 g/mol. The first-order valence-electron chi connectivity index (χ1n) is 10.9. The number of amides is 1. The van der Waals surface area contributed by atoms with E-state index in [1.165, 1.54) is 0 Å². The Labute approximate surface area is 184 Å². The predicted octanol–water partition coefficient (Wildman–Crippen LogP) is 5.67. The van der Waals surface area contributed by atoms with Gasteiger partial charge in [-0.05, 0) is 56.3 Å². The maximum Gasteiger partial charge on any atom is 0.261 e. The van der Waals surface area contributed by atoms with Crippen LogP contribution in [0, 0.1) is 0 Å². The van der Waals surface area contributed by atoms with Gasteiger partial charge in [-0.1, -0.05) is 49.4 Å². The van der Waals surface area contributed by atoms with Crippen LogP contribution >= 0.6 is 0 Å². The highest BCUT2D eigenvalue weighted by Gasteiger charge is 2.22. The molecule has 164 valence electrons. The van der Waals surface area contributed by atoms with Crippen LogP contribution in [0.15, 0.2) is 60.7 Å². The zero-order chi connectivity index (χ0) is 22.2. The summed E-state index contributed by atoms with van der Waals surface area (Å²) in [6.07, 6.45) is -0.0165. The zero-order valence-electron chi connectivity index (χ0n) is 18.7. The number of rotatable bonds is 10. The van der Waals surface area contributed by atoms with E-state index in [-0.39, 0.29) is 11.9 Å². The van der Waals surface area contributed by atoms with Gasteiger partial charge in [0.2, 0.25) is 0 Å². The van der Waals surface area contributed by atoms with E-state index in [9.17, 15) is 4.79 Å². The van der Waals surface area contributed by atoms with Crippen LogP contribution < -0.4 is 19.5 Å². The molecule has 5 heteroatoms. The van der Waals surface area contributed by atoms with Crippen molar-refractivity contribution in [1.29, 1.82) is 0 Å². The molecule has 3 aromatic carbocycles. The average Bonchev–Trinajstić information content (AvgIpc) is 2.78. The van der Waals surface area contributed by atoms with Crippen molar-refractivity contribution in [3.8, 4) is 17.2 Å². The Kier molecular flexibility index (Phi) is 7.76. The molecular formula is C26H31NO4. The molecule has 1 amide bonds. The number of carbonyl (C=O) groups is 1. The fraction of sp³-hybridized carbons (Fsp3) is 0.346. The second-order valence-electron chi connectivity index (χ2n) is 7.29. The van der Waals surface area contributed by atoms with Crippen molar-refractivity contribution in [3.05, 3.63) is 66.2 Å². The van der Waals surface area contributed by atoms with E-state index in [2.05, 4.69) is 5.32 Å². The maximum atomic E-state index is 13.0. The van der Waals surface area contributed by atoms with Crippen LogP contribution in [0.5, 0.6) is 17.2 Å². The molecule has 0 saturated heterocycles. The van der Waals surface area contributed by atoms with Crippen LogP contribution in [-0.2, 0) is 4.79 Å². The van der Waals surface area contributed by atoms with Crippen LogP contribution in [0.4, 0.5) is 0 Å². The lowest BCUT2D eigenvalue weighted by Gasteiger charge is -2.22. The van der Waals surface area contributed by atoms with E-state index in [4.69, 9.17) is 14.2 Å². The molecule has 0 aliphatic rings. The van der Waals surface area contributed by atoms with Gasteiger partial charge >= 0.3 is 0 Å². The lowest BCUT2D eigenvalue weighted by Crippen LogP contribution is -2.39. The van der Waals surface area contributed by atoms with Crippen LogP contribution in [-0.4, -0.2) is 25.2 Å². The van der Waals surface area contributed by atoms with Crippen LogP contribution in [0.1, 0.15) is 45.7 Å². The van der Waals surface area contributed by atoms with Gasteiger partial charge in [0, 0.05) is 5.39 Å². The van der Waals surface area contributed by atoms with E-state index in [0.29, 0.717) is 36.9 Å². The minimum atomic E-state index is -0.581. The van der Waals surface area contributed by atoms with E-state index in [1.807, 2.05) is 88.4 Å². The first-order valence-corrected chi connectivity index (χ1v) is 10.9. The summed E-state index contributed by atoms with van der Waals surface area (Å²) in [6, 6.07) is 19.4. The molecule has 3 rings (SSSR count). The quantitative estimate of drug-likeness (QED) is 0.458. The molecule has 0 radical (unpaired) electrons. The van der Waals surface area contributed by atoms with E-state index >= 15 is 0 Å². The number of hydrogen-bond acceptors (Lipinski definition) is 4.